The molecule has 2 rings (SSSR count). The molecule has 8 heteroatoms. The molecule has 0 aliphatic heterocycles. The summed E-state index contributed by atoms with van der Waals surface area (Å²) >= 11 is 0. The number of nitro benzene ring substituents is 1. The number of anilines is 2. The lowest BCUT2D eigenvalue weighted by molar-refractivity contribution is -0.386. The van der Waals surface area contributed by atoms with E-state index < -0.39 is 16.9 Å². The highest BCUT2D eigenvalue weighted by molar-refractivity contribution is 5.94. The second kappa shape index (κ2) is 7.91. The van der Waals surface area contributed by atoms with Gasteiger partial charge in [0.2, 0.25) is 5.91 Å². The Balaban J connectivity index is 2.01. The van der Waals surface area contributed by atoms with Crippen LogP contribution in [0.5, 0.6) is 5.75 Å². The van der Waals surface area contributed by atoms with E-state index in [1.54, 1.807) is 30.3 Å². The molecule has 0 saturated heterocycles. The predicted octanol–water partition coefficient (Wildman–Crippen LogP) is 2.96. The number of nitro groups is 1. The Bertz CT molecular complexity index is 789. The van der Waals surface area contributed by atoms with Gasteiger partial charge in [-0.1, -0.05) is 12.1 Å². The molecule has 2 aromatic rings. The minimum Gasteiger partial charge on any atom is -0.474 e. The zero-order chi connectivity index (χ0) is 18.4. The topological polar surface area (TPSA) is 111 Å². The van der Waals surface area contributed by atoms with E-state index in [1.165, 1.54) is 32.0 Å². The van der Waals surface area contributed by atoms with E-state index in [9.17, 15) is 19.7 Å². The van der Waals surface area contributed by atoms with Crippen LogP contribution in [0.25, 0.3) is 0 Å². The molecule has 25 heavy (non-hydrogen) atoms. The summed E-state index contributed by atoms with van der Waals surface area (Å²) in [6.07, 6.45) is -0.934. The van der Waals surface area contributed by atoms with Crippen LogP contribution in [0, 0.1) is 10.1 Å². The Kier molecular flexibility index (Phi) is 5.67. The third-order valence-electron chi connectivity index (χ3n) is 3.21. The summed E-state index contributed by atoms with van der Waals surface area (Å²) in [5.41, 5.74) is 0.911. The average molecular weight is 343 g/mol. The fourth-order valence-electron chi connectivity index (χ4n) is 2.04. The maximum absolute atomic E-state index is 12.2. The molecule has 0 aromatic heterocycles. The molecule has 2 N–H and O–H groups in total. The van der Waals surface area contributed by atoms with Crippen molar-refractivity contribution in [2.45, 2.75) is 20.0 Å². The van der Waals surface area contributed by atoms with Crippen molar-refractivity contribution in [2.75, 3.05) is 10.6 Å². The van der Waals surface area contributed by atoms with E-state index in [4.69, 9.17) is 4.74 Å². The lowest BCUT2D eigenvalue weighted by Gasteiger charge is -2.15. The van der Waals surface area contributed by atoms with Crippen LogP contribution in [0.3, 0.4) is 0 Å². The first-order valence-electron chi connectivity index (χ1n) is 7.45. The van der Waals surface area contributed by atoms with Gasteiger partial charge in [0.05, 0.1) is 4.92 Å². The highest BCUT2D eigenvalue weighted by atomic mass is 16.6. The predicted molar refractivity (Wildman–Crippen MR) is 92.6 cm³/mol. The first-order chi connectivity index (χ1) is 11.9. The maximum atomic E-state index is 12.2. The van der Waals surface area contributed by atoms with Gasteiger partial charge in [0.1, 0.15) is 0 Å². The number of carbonyl (C=O) groups is 2. The highest BCUT2D eigenvalue weighted by Gasteiger charge is 2.20. The zero-order valence-electron chi connectivity index (χ0n) is 13.7. The molecule has 0 spiro atoms. The maximum Gasteiger partial charge on any atom is 0.310 e. The molecule has 0 aliphatic carbocycles. The molecule has 0 radical (unpaired) electrons. The molecule has 2 aromatic carbocycles. The Morgan fingerprint density at radius 3 is 2.16 bits per heavy atom. The number of nitrogens with one attached hydrogen (secondary N) is 2. The van der Waals surface area contributed by atoms with Gasteiger partial charge >= 0.3 is 5.69 Å². The van der Waals surface area contributed by atoms with Crippen molar-refractivity contribution in [3.8, 4) is 5.75 Å². The van der Waals surface area contributed by atoms with Crippen LogP contribution < -0.4 is 15.4 Å². The molecule has 2 amide bonds. The molecule has 1 atom stereocenters. The number of rotatable bonds is 6. The molecule has 130 valence electrons. The number of hydrogen-bond acceptors (Lipinski definition) is 5. The third-order valence-corrected chi connectivity index (χ3v) is 3.21. The SMILES string of the molecule is CC(=O)Nc1ccc(NC(=O)[C@@H](C)Oc2ccccc2[N+](=O)[O-])cc1. The third kappa shape index (κ3) is 5.03. The van der Waals surface area contributed by atoms with Crippen molar-refractivity contribution < 1.29 is 19.2 Å². The van der Waals surface area contributed by atoms with Gasteiger partial charge in [0.25, 0.3) is 5.91 Å². The smallest absolute Gasteiger partial charge is 0.310 e. The van der Waals surface area contributed by atoms with Crippen LogP contribution >= 0.6 is 0 Å². The van der Waals surface area contributed by atoms with Crippen molar-refractivity contribution in [3.63, 3.8) is 0 Å². The number of carbonyl (C=O) groups excluding carboxylic acids is 2. The van der Waals surface area contributed by atoms with Crippen LogP contribution in [0.15, 0.2) is 48.5 Å². The summed E-state index contributed by atoms with van der Waals surface area (Å²) in [5, 5.41) is 16.2. The molecular formula is C17H17N3O5. The lowest BCUT2D eigenvalue weighted by Crippen LogP contribution is -2.30. The zero-order valence-corrected chi connectivity index (χ0v) is 13.7. The van der Waals surface area contributed by atoms with Gasteiger partial charge < -0.3 is 15.4 Å². The molecule has 0 heterocycles. The van der Waals surface area contributed by atoms with E-state index in [2.05, 4.69) is 10.6 Å². The number of amides is 2. The van der Waals surface area contributed by atoms with Crippen molar-refractivity contribution in [3.05, 3.63) is 58.6 Å². The van der Waals surface area contributed by atoms with Gasteiger partial charge in [-0.25, -0.2) is 0 Å². The Labute approximate surface area is 144 Å². The van der Waals surface area contributed by atoms with Crippen LogP contribution in [-0.2, 0) is 9.59 Å². The molecule has 0 fully saturated rings. The first-order valence-corrected chi connectivity index (χ1v) is 7.45. The number of nitrogens with zero attached hydrogens (tertiary/aromatic N) is 1. The fraction of sp³-hybridized carbons (Fsp3) is 0.176. The second-order valence-corrected chi connectivity index (χ2v) is 5.23. The van der Waals surface area contributed by atoms with Gasteiger partial charge in [0, 0.05) is 24.4 Å². The number of benzene rings is 2. The van der Waals surface area contributed by atoms with Crippen molar-refractivity contribution in [1.82, 2.24) is 0 Å². The fourth-order valence-corrected chi connectivity index (χ4v) is 2.04. The van der Waals surface area contributed by atoms with E-state index in [0.717, 1.165) is 0 Å². The Morgan fingerprint density at radius 2 is 1.60 bits per heavy atom. The molecular weight excluding hydrogens is 326 g/mol. The van der Waals surface area contributed by atoms with Crippen molar-refractivity contribution >= 4 is 28.9 Å². The summed E-state index contributed by atoms with van der Waals surface area (Å²) in [6.45, 7) is 2.90. The summed E-state index contributed by atoms with van der Waals surface area (Å²) in [5.74, 6) is -0.621. The number of ether oxygens (including phenoxy) is 1. The lowest BCUT2D eigenvalue weighted by atomic mass is 10.2. The quantitative estimate of drug-likeness (QED) is 0.619. The van der Waals surface area contributed by atoms with Gasteiger partial charge in [-0.2, -0.15) is 0 Å². The van der Waals surface area contributed by atoms with Gasteiger partial charge in [-0.05, 0) is 37.3 Å². The van der Waals surface area contributed by atoms with Crippen LogP contribution in [0.2, 0.25) is 0 Å². The summed E-state index contributed by atoms with van der Waals surface area (Å²) in [7, 11) is 0. The normalized spacial score (nSPS) is 11.3. The highest BCUT2D eigenvalue weighted by Crippen LogP contribution is 2.27. The summed E-state index contributed by atoms with van der Waals surface area (Å²) in [4.78, 5) is 33.6. The molecule has 0 bridgehead atoms. The van der Waals surface area contributed by atoms with E-state index in [1.807, 2.05) is 0 Å². The molecule has 0 saturated carbocycles. The van der Waals surface area contributed by atoms with E-state index in [-0.39, 0.29) is 17.3 Å². The van der Waals surface area contributed by atoms with E-state index >= 15 is 0 Å². The summed E-state index contributed by atoms with van der Waals surface area (Å²) in [6, 6.07) is 12.4. The molecule has 0 unspecified atom stereocenters. The van der Waals surface area contributed by atoms with Crippen LogP contribution in [0.1, 0.15) is 13.8 Å². The Morgan fingerprint density at radius 1 is 1.04 bits per heavy atom. The van der Waals surface area contributed by atoms with Crippen molar-refractivity contribution in [1.29, 1.82) is 0 Å². The number of hydrogen-bond donors (Lipinski definition) is 2. The molecule has 0 aliphatic rings. The summed E-state index contributed by atoms with van der Waals surface area (Å²) < 4.78 is 5.41. The van der Waals surface area contributed by atoms with Crippen LogP contribution in [-0.4, -0.2) is 22.8 Å². The number of para-hydroxylation sites is 2. The minimum absolute atomic E-state index is 0.0242. The molecule has 8 nitrogen and oxygen atoms in total. The van der Waals surface area contributed by atoms with E-state index in [0.29, 0.717) is 11.4 Å². The minimum atomic E-state index is -0.934. The monoisotopic (exact) mass is 343 g/mol. The Hall–Kier alpha value is -3.42. The van der Waals surface area contributed by atoms with Gasteiger partial charge in [-0.15, -0.1) is 0 Å². The van der Waals surface area contributed by atoms with Gasteiger partial charge in [0.15, 0.2) is 11.9 Å². The first kappa shape index (κ1) is 17.9. The van der Waals surface area contributed by atoms with Gasteiger partial charge in [-0.3, -0.25) is 19.7 Å². The average Bonchev–Trinajstić information content (AvgIpc) is 2.56. The largest absolute Gasteiger partial charge is 0.474 e. The van der Waals surface area contributed by atoms with Crippen LogP contribution in [0.4, 0.5) is 17.1 Å². The standard InChI is InChI=1S/C17H17N3O5/c1-11(25-16-6-4-3-5-15(16)20(23)24)17(22)19-14-9-7-13(8-10-14)18-12(2)21/h3-11H,1-2H3,(H,18,21)(H,19,22)/t11-/m1/s1. The second-order valence-electron chi connectivity index (χ2n) is 5.23. The van der Waals surface area contributed by atoms with Crippen molar-refractivity contribution in [2.24, 2.45) is 0 Å².